The number of anilines is 2. The third-order valence-corrected chi connectivity index (χ3v) is 4.54. The van der Waals surface area contributed by atoms with Gasteiger partial charge in [-0.3, -0.25) is 4.79 Å². The first-order valence-electron chi connectivity index (χ1n) is 8.71. The average Bonchev–Trinajstić information content (AvgIpc) is 2.69. The number of amides is 3. The van der Waals surface area contributed by atoms with Crippen molar-refractivity contribution < 1.29 is 14.3 Å². The maximum atomic E-state index is 12.4. The molecule has 0 aliphatic carbocycles. The van der Waals surface area contributed by atoms with Crippen LogP contribution in [-0.2, 0) is 4.79 Å². The fourth-order valence-electron chi connectivity index (χ4n) is 2.99. The summed E-state index contributed by atoms with van der Waals surface area (Å²) >= 11 is 0. The molecular weight excluding hydrogens is 330 g/mol. The smallest absolute Gasteiger partial charge is 0.321 e. The highest BCUT2D eigenvalue weighted by Gasteiger charge is 2.27. The molecule has 26 heavy (non-hydrogen) atoms. The Kier molecular flexibility index (Phi) is 5.73. The summed E-state index contributed by atoms with van der Waals surface area (Å²) in [7, 11) is 1.61. The predicted molar refractivity (Wildman–Crippen MR) is 101 cm³/mol. The minimum atomic E-state index is -0.120. The Morgan fingerprint density at radius 3 is 2.15 bits per heavy atom. The molecule has 2 aromatic carbocycles. The van der Waals surface area contributed by atoms with Crippen molar-refractivity contribution in [3.8, 4) is 5.75 Å². The van der Waals surface area contributed by atoms with Crippen LogP contribution in [0.3, 0.4) is 0 Å². The highest BCUT2D eigenvalue weighted by Crippen LogP contribution is 2.21. The van der Waals surface area contributed by atoms with Gasteiger partial charge in [-0.05, 0) is 49.2 Å². The van der Waals surface area contributed by atoms with Gasteiger partial charge in [-0.15, -0.1) is 0 Å². The number of nitrogens with zero attached hydrogens (tertiary/aromatic N) is 1. The molecule has 3 amide bonds. The van der Waals surface area contributed by atoms with Gasteiger partial charge in [-0.25, -0.2) is 4.79 Å². The molecule has 1 saturated heterocycles. The van der Waals surface area contributed by atoms with E-state index in [0.717, 1.165) is 17.1 Å². The lowest BCUT2D eigenvalue weighted by Crippen LogP contribution is -2.43. The zero-order chi connectivity index (χ0) is 18.4. The van der Waals surface area contributed by atoms with E-state index in [9.17, 15) is 9.59 Å². The molecule has 136 valence electrons. The zero-order valence-corrected chi connectivity index (χ0v) is 14.8. The van der Waals surface area contributed by atoms with Crippen LogP contribution in [0.5, 0.6) is 5.75 Å². The molecule has 0 unspecified atom stereocenters. The number of likely N-dealkylation sites (tertiary alicyclic amines) is 1. The van der Waals surface area contributed by atoms with Gasteiger partial charge in [0.15, 0.2) is 0 Å². The van der Waals surface area contributed by atoms with Crippen molar-refractivity contribution in [2.24, 2.45) is 5.92 Å². The van der Waals surface area contributed by atoms with Crippen molar-refractivity contribution >= 4 is 23.3 Å². The third kappa shape index (κ3) is 4.53. The number of para-hydroxylation sites is 1. The van der Waals surface area contributed by atoms with Crippen molar-refractivity contribution in [3.05, 3.63) is 54.6 Å². The van der Waals surface area contributed by atoms with Crippen LogP contribution in [0.25, 0.3) is 0 Å². The van der Waals surface area contributed by atoms with Gasteiger partial charge in [-0.2, -0.15) is 0 Å². The third-order valence-electron chi connectivity index (χ3n) is 4.54. The molecule has 0 atom stereocenters. The Morgan fingerprint density at radius 2 is 1.54 bits per heavy atom. The first-order chi connectivity index (χ1) is 12.7. The van der Waals surface area contributed by atoms with E-state index < -0.39 is 0 Å². The summed E-state index contributed by atoms with van der Waals surface area (Å²) in [5.74, 6) is 0.664. The number of nitrogens with one attached hydrogen (secondary N) is 2. The molecule has 1 aliphatic heterocycles. The van der Waals surface area contributed by atoms with Crippen molar-refractivity contribution in [1.82, 2.24) is 4.90 Å². The SMILES string of the molecule is COc1ccc(NC(=O)C2CCN(C(=O)Nc3ccccc3)CC2)cc1. The van der Waals surface area contributed by atoms with Gasteiger partial charge in [0.25, 0.3) is 0 Å². The standard InChI is InChI=1S/C20H23N3O3/c1-26-18-9-7-17(8-10-18)21-19(24)15-11-13-23(14-12-15)20(25)22-16-5-3-2-4-6-16/h2-10,15H,11-14H2,1H3,(H,21,24)(H,22,25). The Labute approximate surface area is 153 Å². The summed E-state index contributed by atoms with van der Waals surface area (Å²) in [5, 5.41) is 5.81. The number of carbonyl (C=O) groups is 2. The summed E-state index contributed by atoms with van der Waals surface area (Å²) in [6, 6.07) is 16.5. The van der Waals surface area contributed by atoms with E-state index in [1.807, 2.05) is 54.6 Å². The lowest BCUT2D eigenvalue weighted by atomic mass is 9.96. The molecule has 3 rings (SSSR count). The van der Waals surface area contributed by atoms with Crippen molar-refractivity contribution in [2.75, 3.05) is 30.8 Å². The normalized spacial score (nSPS) is 14.6. The Bertz CT molecular complexity index is 739. The van der Waals surface area contributed by atoms with Crippen molar-refractivity contribution in [2.45, 2.75) is 12.8 Å². The van der Waals surface area contributed by atoms with Crippen LogP contribution >= 0.6 is 0 Å². The number of methoxy groups -OCH3 is 1. The van der Waals surface area contributed by atoms with Crippen LogP contribution in [0.15, 0.2) is 54.6 Å². The summed E-state index contributed by atoms with van der Waals surface area (Å²) in [4.78, 5) is 26.5. The van der Waals surface area contributed by atoms with E-state index >= 15 is 0 Å². The van der Waals surface area contributed by atoms with Crippen LogP contribution in [0.2, 0.25) is 0 Å². The number of ether oxygens (including phenoxy) is 1. The van der Waals surface area contributed by atoms with E-state index in [0.29, 0.717) is 25.9 Å². The number of piperidine rings is 1. The molecule has 6 nitrogen and oxygen atoms in total. The number of urea groups is 1. The molecule has 6 heteroatoms. The van der Waals surface area contributed by atoms with Gasteiger partial charge in [0, 0.05) is 30.4 Å². The maximum absolute atomic E-state index is 12.4. The number of carbonyl (C=O) groups excluding carboxylic acids is 2. The molecule has 0 aromatic heterocycles. The van der Waals surface area contributed by atoms with E-state index in [1.165, 1.54) is 0 Å². The first kappa shape index (κ1) is 17.8. The minimum Gasteiger partial charge on any atom is -0.497 e. The van der Waals surface area contributed by atoms with Crippen LogP contribution < -0.4 is 15.4 Å². The maximum Gasteiger partial charge on any atom is 0.321 e. The summed E-state index contributed by atoms with van der Waals surface area (Å²) in [6.07, 6.45) is 1.31. The average molecular weight is 353 g/mol. The van der Waals surface area contributed by atoms with Crippen LogP contribution in [-0.4, -0.2) is 37.0 Å². The fourth-order valence-corrected chi connectivity index (χ4v) is 2.99. The van der Waals surface area contributed by atoms with Gasteiger partial charge in [0.2, 0.25) is 5.91 Å². The highest BCUT2D eigenvalue weighted by molar-refractivity contribution is 5.93. The largest absolute Gasteiger partial charge is 0.497 e. The lowest BCUT2D eigenvalue weighted by Gasteiger charge is -2.31. The summed E-state index contributed by atoms with van der Waals surface area (Å²) < 4.78 is 5.11. The topological polar surface area (TPSA) is 70.7 Å². The highest BCUT2D eigenvalue weighted by atomic mass is 16.5. The van der Waals surface area contributed by atoms with E-state index in [-0.39, 0.29) is 17.9 Å². The molecule has 2 aromatic rings. The first-order valence-corrected chi connectivity index (χ1v) is 8.71. The van der Waals surface area contributed by atoms with Crippen LogP contribution in [0, 0.1) is 5.92 Å². The van der Waals surface area contributed by atoms with Crippen LogP contribution in [0.4, 0.5) is 16.2 Å². The monoisotopic (exact) mass is 353 g/mol. The Hall–Kier alpha value is -3.02. The molecule has 0 bridgehead atoms. The number of hydrogen-bond acceptors (Lipinski definition) is 3. The molecule has 1 heterocycles. The molecule has 0 saturated carbocycles. The van der Waals surface area contributed by atoms with E-state index in [1.54, 1.807) is 12.0 Å². The quantitative estimate of drug-likeness (QED) is 0.883. The predicted octanol–water partition coefficient (Wildman–Crippen LogP) is 3.58. The second-order valence-electron chi connectivity index (χ2n) is 6.28. The Balaban J connectivity index is 1.48. The lowest BCUT2D eigenvalue weighted by molar-refractivity contribution is -0.121. The second-order valence-corrected chi connectivity index (χ2v) is 6.28. The van der Waals surface area contributed by atoms with Gasteiger partial charge < -0.3 is 20.3 Å². The second kappa shape index (κ2) is 8.38. The molecule has 0 spiro atoms. The molecule has 1 fully saturated rings. The molecule has 2 N–H and O–H groups in total. The number of rotatable bonds is 4. The van der Waals surface area contributed by atoms with Crippen molar-refractivity contribution in [1.29, 1.82) is 0 Å². The molecular formula is C20H23N3O3. The van der Waals surface area contributed by atoms with E-state index in [2.05, 4.69) is 10.6 Å². The summed E-state index contributed by atoms with van der Waals surface area (Å²) in [5.41, 5.74) is 1.52. The molecule has 0 radical (unpaired) electrons. The zero-order valence-electron chi connectivity index (χ0n) is 14.8. The van der Waals surface area contributed by atoms with Gasteiger partial charge in [0.05, 0.1) is 7.11 Å². The fraction of sp³-hybridized carbons (Fsp3) is 0.300. The van der Waals surface area contributed by atoms with E-state index in [4.69, 9.17) is 4.74 Å². The number of hydrogen-bond donors (Lipinski definition) is 2. The minimum absolute atomic E-state index is 0.00159. The number of benzene rings is 2. The Morgan fingerprint density at radius 1 is 0.923 bits per heavy atom. The van der Waals surface area contributed by atoms with Gasteiger partial charge >= 0.3 is 6.03 Å². The summed E-state index contributed by atoms with van der Waals surface area (Å²) in [6.45, 7) is 1.14. The molecule has 1 aliphatic rings. The van der Waals surface area contributed by atoms with Gasteiger partial charge in [-0.1, -0.05) is 18.2 Å². The van der Waals surface area contributed by atoms with Crippen LogP contribution in [0.1, 0.15) is 12.8 Å². The van der Waals surface area contributed by atoms with Crippen molar-refractivity contribution in [3.63, 3.8) is 0 Å². The van der Waals surface area contributed by atoms with Gasteiger partial charge in [0.1, 0.15) is 5.75 Å².